The van der Waals surface area contributed by atoms with Gasteiger partial charge in [-0.15, -0.1) is 11.6 Å². The summed E-state index contributed by atoms with van der Waals surface area (Å²) in [6.07, 6.45) is 2.64. The molecule has 0 radical (unpaired) electrons. The van der Waals surface area contributed by atoms with Crippen LogP contribution in [0.25, 0.3) is 10.9 Å². The van der Waals surface area contributed by atoms with Gasteiger partial charge >= 0.3 is 0 Å². The molecule has 0 bridgehead atoms. The zero-order chi connectivity index (χ0) is 13.9. The van der Waals surface area contributed by atoms with E-state index in [1.54, 1.807) is 0 Å². The third-order valence-corrected chi connectivity index (χ3v) is 4.07. The molecule has 20 heavy (non-hydrogen) atoms. The lowest BCUT2D eigenvalue weighted by Crippen LogP contribution is -2.26. The summed E-state index contributed by atoms with van der Waals surface area (Å²) in [6.45, 7) is 1.61. The maximum Gasteiger partial charge on any atom is 0.214 e. The summed E-state index contributed by atoms with van der Waals surface area (Å²) < 4.78 is 5.79. The van der Waals surface area contributed by atoms with Gasteiger partial charge in [-0.1, -0.05) is 18.2 Å². The van der Waals surface area contributed by atoms with Crippen LogP contribution in [0.2, 0.25) is 0 Å². The molecule has 1 aliphatic rings. The van der Waals surface area contributed by atoms with Crippen LogP contribution in [0.4, 0.5) is 0 Å². The number of para-hydroxylation sites is 1. The first-order valence-corrected chi connectivity index (χ1v) is 7.59. The minimum Gasteiger partial charge on any atom is -0.476 e. The van der Waals surface area contributed by atoms with Crippen molar-refractivity contribution in [2.75, 3.05) is 20.2 Å². The molecule has 0 atom stereocenters. The molecule has 0 saturated heterocycles. The molecular weight excluding hydrogens is 272 g/mol. The maximum atomic E-state index is 6.02. The van der Waals surface area contributed by atoms with Crippen LogP contribution in [0, 0.1) is 0 Å². The summed E-state index contributed by atoms with van der Waals surface area (Å²) in [4.78, 5) is 6.89. The number of nitrogens with zero attached hydrogens (tertiary/aromatic N) is 2. The van der Waals surface area contributed by atoms with E-state index in [1.807, 2.05) is 30.3 Å². The summed E-state index contributed by atoms with van der Waals surface area (Å²) in [6, 6.07) is 10.7. The van der Waals surface area contributed by atoms with Gasteiger partial charge in [0.1, 0.15) is 6.61 Å². The molecule has 4 heteroatoms. The van der Waals surface area contributed by atoms with Crippen molar-refractivity contribution in [2.24, 2.45) is 0 Å². The number of fused-ring (bicyclic) bond motifs is 1. The number of pyridine rings is 1. The van der Waals surface area contributed by atoms with Crippen LogP contribution < -0.4 is 4.74 Å². The molecule has 3 nitrogen and oxygen atoms in total. The van der Waals surface area contributed by atoms with Gasteiger partial charge in [0.15, 0.2) is 0 Å². The summed E-state index contributed by atoms with van der Waals surface area (Å²) >= 11 is 6.02. The Labute approximate surface area is 124 Å². The van der Waals surface area contributed by atoms with Gasteiger partial charge in [-0.2, -0.15) is 0 Å². The second-order valence-electron chi connectivity index (χ2n) is 5.33. The van der Waals surface area contributed by atoms with Gasteiger partial charge in [-0.05, 0) is 31.5 Å². The highest BCUT2D eigenvalue weighted by Crippen LogP contribution is 2.25. The van der Waals surface area contributed by atoms with Crippen molar-refractivity contribution in [2.45, 2.75) is 24.8 Å². The molecule has 2 aromatic rings. The van der Waals surface area contributed by atoms with E-state index in [0.29, 0.717) is 18.4 Å². The fourth-order valence-electron chi connectivity index (χ4n) is 2.40. The first-order valence-electron chi connectivity index (χ1n) is 7.05. The molecule has 1 aromatic heterocycles. The van der Waals surface area contributed by atoms with Crippen LogP contribution >= 0.6 is 11.6 Å². The van der Waals surface area contributed by atoms with Crippen LogP contribution in [0.5, 0.6) is 5.88 Å². The van der Waals surface area contributed by atoms with E-state index in [0.717, 1.165) is 29.1 Å². The van der Waals surface area contributed by atoms with E-state index in [2.05, 4.69) is 16.9 Å². The Morgan fingerprint density at radius 2 is 2.15 bits per heavy atom. The van der Waals surface area contributed by atoms with E-state index < -0.39 is 0 Å². The molecule has 0 amide bonds. The second-order valence-corrected chi connectivity index (χ2v) is 5.60. The predicted octanol–water partition coefficient (Wildman–Crippen LogP) is 3.45. The van der Waals surface area contributed by atoms with E-state index >= 15 is 0 Å². The van der Waals surface area contributed by atoms with Crippen LogP contribution in [0.3, 0.4) is 0 Å². The molecule has 0 spiro atoms. The molecule has 0 N–H and O–H groups in total. The zero-order valence-electron chi connectivity index (χ0n) is 11.7. The Morgan fingerprint density at radius 1 is 1.35 bits per heavy atom. The molecule has 1 heterocycles. The Balaban J connectivity index is 1.70. The van der Waals surface area contributed by atoms with Crippen molar-refractivity contribution in [1.29, 1.82) is 0 Å². The number of likely N-dealkylation sites (N-methyl/N-ethyl adjacent to an activating group) is 1. The molecule has 1 saturated carbocycles. The van der Waals surface area contributed by atoms with Gasteiger partial charge in [-0.25, -0.2) is 4.98 Å². The number of halogens is 1. The number of hydrogen-bond donors (Lipinski definition) is 0. The molecule has 0 unspecified atom stereocenters. The SMILES string of the molecule is CN(CCOc1cc(CCl)c2ccccc2n1)C1CC1. The van der Waals surface area contributed by atoms with E-state index in [1.165, 1.54) is 12.8 Å². The van der Waals surface area contributed by atoms with Crippen LogP contribution in [0.15, 0.2) is 30.3 Å². The van der Waals surface area contributed by atoms with Crippen LogP contribution in [-0.2, 0) is 5.88 Å². The number of hydrogen-bond acceptors (Lipinski definition) is 3. The highest BCUT2D eigenvalue weighted by molar-refractivity contribution is 6.18. The van der Waals surface area contributed by atoms with Crippen LogP contribution in [0.1, 0.15) is 18.4 Å². The van der Waals surface area contributed by atoms with Crippen molar-refractivity contribution in [3.63, 3.8) is 0 Å². The Hall–Kier alpha value is -1.32. The fourth-order valence-corrected chi connectivity index (χ4v) is 2.62. The highest BCUT2D eigenvalue weighted by Gasteiger charge is 2.25. The molecule has 0 aliphatic heterocycles. The maximum absolute atomic E-state index is 6.02. The predicted molar refractivity (Wildman–Crippen MR) is 82.4 cm³/mol. The molecule has 1 fully saturated rings. The van der Waals surface area contributed by atoms with Crippen molar-refractivity contribution in [3.8, 4) is 5.88 Å². The van der Waals surface area contributed by atoms with Gasteiger partial charge in [0.2, 0.25) is 5.88 Å². The third-order valence-electron chi connectivity index (χ3n) is 3.79. The molecule has 1 aromatic carbocycles. The number of ether oxygens (including phenoxy) is 1. The van der Waals surface area contributed by atoms with E-state index in [9.17, 15) is 0 Å². The highest BCUT2D eigenvalue weighted by atomic mass is 35.5. The van der Waals surface area contributed by atoms with Gasteiger partial charge in [0.25, 0.3) is 0 Å². The van der Waals surface area contributed by atoms with Gasteiger partial charge in [0, 0.05) is 29.9 Å². The normalized spacial score (nSPS) is 14.9. The molecule has 3 rings (SSSR count). The molecule has 106 valence electrons. The fraction of sp³-hybridized carbons (Fsp3) is 0.438. The zero-order valence-corrected chi connectivity index (χ0v) is 12.4. The summed E-state index contributed by atoms with van der Waals surface area (Å²) in [5, 5.41) is 1.10. The van der Waals surface area contributed by atoms with E-state index in [4.69, 9.17) is 16.3 Å². The third kappa shape index (κ3) is 3.05. The Morgan fingerprint density at radius 3 is 2.90 bits per heavy atom. The topological polar surface area (TPSA) is 25.4 Å². The molecule has 1 aliphatic carbocycles. The summed E-state index contributed by atoms with van der Waals surface area (Å²) in [7, 11) is 2.15. The van der Waals surface area contributed by atoms with Crippen molar-refractivity contribution in [3.05, 3.63) is 35.9 Å². The summed E-state index contributed by atoms with van der Waals surface area (Å²) in [5.41, 5.74) is 2.01. The standard InChI is InChI=1S/C16H19ClN2O/c1-19(13-6-7-13)8-9-20-16-10-12(11-17)14-4-2-3-5-15(14)18-16/h2-5,10,13H,6-9,11H2,1H3. The van der Waals surface area contributed by atoms with E-state index in [-0.39, 0.29) is 0 Å². The smallest absolute Gasteiger partial charge is 0.214 e. The van der Waals surface area contributed by atoms with Crippen molar-refractivity contribution < 1.29 is 4.74 Å². The van der Waals surface area contributed by atoms with Gasteiger partial charge < -0.3 is 9.64 Å². The number of aromatic nitrogens is 1. The van der Waals surface area contributed by atoms with Crippen LogP contribution in [-0.4, -0.2) is 36.1 Å². The Bertz CT molecular complexity index is 598. The second kappa shape index (κ2) is 5.98. The Kier molecular flexibility index (Phi) is 4.08. The number of rotatable bonds is 6. The van der Waals surface area contributed by atoms with Gasteiger partial charge in [-0.3, -0.25) is 0 Å². The van der Waals surface area contributed by atoms with Gasteiger partial charge in [0.05, 0.1) is 5.52 Å². The molecular formula is C16H19ClN2O. The van der Waals surface area contributed by atoms with Crippen molar-refractivity contribution in [1.82, 2.24) is 9.88 Å². The quantitative estimate of drug-likeness (QED) is 0.762. The summed E-state index contributed by atoms with van der Waals surface area (Å²) in [5.74, 6) is 1.14. The van der Waals surface area contributed by atoms with Crippen molar-refractivity contribution >= 4 is 22.5 Å². The lowest BCUT2D eigenvalue weighted by Gasteiger charge is -2.16. The largest absolute Gasteiger partial charge is 0.476 e. The average molecular weight is 291 g/mol. The average Bonchev–Trinajstić information content (AvgIpc) is 3.31. The number of benzene rings is 1. The lowest BCUT2D eigenvalue weighted by molar-refractivity contribution is 0.227. The minimum atomic E-state index is 0.474. The number of alkyl halides is 1. The first kappa shape index (κ1) is 13.7. The minimum absolute atomic E-state index is 0.474. The lowest BCUT2D eigenvalue weighted by atomic mass is 10.1. The first-order chi connectivity index (χ1) is 9.78. The monoisotopic (exact) mass is 290 g/mol.